The molecule has 0 aliphatic carbocycles. The molecule has 6 rings (SSSR count). The third kappa shape index (κ3) is 10.9. The maximum absolute atomic E-state index is 13.3. The fourth-order valence-corrected chi connectivity index (χ4v) is 8.62. The van der Waals surface area contributed by atoms with Gasteiger partial charge in [0.25, 0.3) is 16.7 Å². The van der Waals surface area contributed by atoms with E-state index in [1.54, 1.807) is 0 Å². The number of aromatic amines is 3. The van der Waals surface area contributed by atoms with Crippen LogP contribution < -0.4 is 33.7 Å². The van der Waals surface area contributed by atoms with Crippen LogP contribution in [-0.2, 0) is 50.5 Å². The molecule has 27 nitrogen and oxygen atoms in total. The van der Waals surface area contributed by atoms with E-state index in [-0.39, 0.29) is 24.0 Å². The molecular weight excluding hydrogens is 861 g/mol. The molecule has 59 heavy (non-hydrogen) atoms. The van der Waals surface area contributed by atoms with E-state index in [1.807, 2.05) is 4.98 Å². The predicted octanol–water partition coefficient (Wildman–Crippen LogP) is -1.85. The molecule has 30 heteroatoms. The maximum Gasteiger partial charge on any atom is 0.694 e. The molecule has 3 aromatic heterocycles. The summed E-state index contributed by atoms with van der Waals surface area (Å²) in [5, 5.41) is 10.6. The molecule has 0 amide bonds. The quantitative estimate of drug-likeness (QED) is 0.0776. The highest BCUT2D eigenvalue weighted by molar-refractivity contribution is 7.47. The van der Waals surface area contributed by atoms with Crippen LogP contribution in [-0.4, -0.2) is 105 Å². The van der Waals surface area contributed by atoms with Gasteiger partial charge in [-0.1, -0.05) is 0 Å². The first-order valence-corrected chi connectivity index (χ1v) is 21.5. The summed E-state index contributed by atoms with van der Waals surface area (Å²) in [6, 6.07) is 1.00. The Hall–Kier alpha value is -3.88. The van der Waals surface area contributed by atoms with E-state index in [4.69, 9.17) is 37.2 Å². The molecule has 0 saturated carbocycles. The number of rotatable bonds is 16. The van der Waals surface area contributed by atoms with Gasteiger partial charge in [0.1, 0.15) is 55.8 Å². The van der Waals surface area contributed by atoms with Gasteiger partial charge in [0.15, 0.2) is 0 Å². The number of phosphoric acid groups is 2. The summed E-state index contributed by atoms with van der Waals surface area (Å²) >= 11 is 0. The average Bonchev–Trinajstić information content (AvgIpc) is 3.84. The highest BCUT2D eigenvalue weighted by Gasteiger charge is 2.47. The maximum atomic E-state index is 13.3. The Balaban J connectivity index is 1.15. The van der Waals surface area contributed by atoms with E-state index >= 15 is 0 Å². The number of aliphatic hydroxyl groups excluding tert-OH is 1. The van der Waals surface area contributed by atoms with Gasteiger partial charge in [0.05, 0.1) is 19.3 Å². The second-order valence-electron chi connectivity index (χ2n) is 13.5. The molecular formula is C29H38N6O21P3+. The molecule has 12 atom stereocenters. The standard InChI is InChI=1S/C29H37N6O21P3/c1-13-8-34(28(41)31-25(13)38)22-5-15(36)18(52-22)11-50-58(45,46)56-17-7-24(35-9-14(2)26(39)32-29(35)42)54-20(17)12-51-59(47,48)55-16-6-23(53-19(16)10-49-57(43)44)33-4-3-21(37)30-27(33)40/h3-4,8-9,15-20,22-24,36H,5-7,10-12H2,1-2H3,(H5-,30,31,32,37,38,39,40,41,42,43,44,45,46,47,48)/p+1/t15-,16-,17-,18+,19+,20+,22+,23+,24+/m0/s1. The first-order valence-electron chi connectivity index (χ1n) is 17.4. The lowest BCUT2D eigenvalue weighted by molar-refractivity contribution is -0.0611. The molecule has 0 radical (unpaired) electrons. The zero-order valence-corrected chi connectivity index (χ0v) is 33.3. The van der Waals surface area contributed by atoms with Crippen LogP contribution in [0.4, 0.5) is 0 Å². The van der Waals surface area contributed by atoms with Crippen molar-refractivity contribution in [2.75, 3.05) is 19.8 Å². The summed E-state index contributed by atoms with van der Waals surface area (Å²) in [6.07, 6.45) is -9.57. The highest BCUT2D eigenvalue weighted by atomic mass is 31.2. The van der Waals surface area contributed by atoms with Gasteiger partial charge in [-0.15, -0.1) is 9.42 Å². The molecule has 0 aromatic carbocycles. The zero-order valence-electron chi connectivity index (χ0n) is 30.7. The summed E-state index contributed by atoms with van der Waals surface area (Å²) in [7, 11) is -13.5. The normalized spacial score (nSPS) is 29.3. The van der Waals surface area contributed by atoms with Crippen molar-refractivity contribution in [3.63, 3.8) is 0 Å². The molecule has 0 spiro atoms. The van der Waals surface area contributed by atoms with Gasteiger partial charge in [0, 0.05) is 59.6 Å². The van der Waals surface area contributed by atoms with Crippen molar-refractivity contribution in [2.45, 2.75) is 88.4 Å². The van der Waals surface area contributed by atoms with Crippen molar-refractivity contribution in [1.82, 2.24) is 28.7 Å². The zero-order chi connectivity index (χ0) is 43.0. The molecule has 324 valence electrons. The van der Waals surface area contributed by atoms with Crippen molar-refractivity contribution >= 4 is 23.9 Å². The van der Waals surface area contributed by atoms with Crippen molar-refractivity contribution in [1.29, 1.82) is 0 Å². The van der Waals surface area contributed by atoms with E-state index in [0.29, 0.717) is 0 Å². The number of nitrogens with one attached hydrogen (secondary N) is 3. The number of aliphatic hydroxyl groups is 1. The topological polar surface area (TPSA) is 371 Å². The first-order chi connectivity index (χ1) is 27.7. The first kappa shape index (κ1) is 44.7. The molecule has 0 bridgehead atoms. The Morgan fingerprint density at radius 1 is 0.712 bits per heavy atom. The average molecular weight is 900 g/mol. The third-order valence-corrected chi connectivity index (χ3v) is 11.7. The number of aromatic nitrogens is 6. The molecule has 3 aliphatic heterocycles. The third-order valence-electron chi connectivity index (χ3n) is 9.33. The Morgan fingerprint density at radius 2 is 1.15 bits per heavy atom. The van der Waals surface area contributed by atoms with E-state index in [9.17, 15) is 57.4 Å². The number of aryl methyl sites for hydroxylation is 2. The second kappa shape index (κ2) is 18.0. The van der Waals surface area contributed by atoms with Crippen LogP contribution in [0.25, 0.3) is 0 Å². The van der Waals surface area contributed by atoms with Gasteiger partial charge in [-0.25, -0.2) is 23.5 Å². The molecule has 6 heterocycles. The highest BCUT2D eigenvalue weighted by Crippen LogP contribution is 2.52. The lowest BCUT2D eigenvalue weighted by Crippen LogP contribution is -2.33. The van der Waals surface area contributed by atoms with Crippen LogP contribution in [0.5, 0.6) is 0 Å². The molecule has 3 unspecified atom stereocenters. The smallest absolute Gasteiger partial charge is 0.390 e. The SMILES string of the molecule is Cc1cn([C@H]2C[C@H](OP(=O)(O)OC[C@H]3O[C@@H](n4cc(C)c(=O)[nH]c4=O)C[C@@H]3O)[C@@H](COP(=O)(O)O[C@H]3C[C@H](n4ccc(=O)[nH]c4=O)O[C@@H]3CO[P+](=O)O)O2)c(=O)[nH]c1=O. The molecule has 3 aliphatic rings. The van der Waals surface area contributed by atoms with Gasteiger partial charge in [0.2, 0.25) is 0 Å². The summed E-state index contributed by atoms with van der Waals surface area (Å²) < 4.78 is 83.5. The minimum atomic E-state index is -5.20. The van der Waals surface area contributed by atoms with E-state index in [0.717, 1.165) is 32.2 Å². The summed E-state index contributed by atoms with van der Waals surface area (Å²) in [5.41, 5.74) is -4.49. The van der Waals surface area contributed by atoms with E-state index in [1.165, 1.54) is 20.0 Å². The summed E-state index contributed by atoms with van der Waals surface area (Å²) in [6.45, 7) is 0.474. The lowest BCUT2D eigenvalue weighted by Gasteiger charge is -2.24. The Labute approximate surface area is 329 Å². The molecule has 3 aromatic rings. The van der Waals surface area contributed by atoms with Gasteiger partial charge >= 0.3 is 41.0 Å². The summed E-state index contributed by atoms with van der Waals surface area (Å²) in [5.74, 6) is 0. The van der Waals surface area contributed by atoms with Crippen LogP contribution >= 0.6 is 23.9 Å². The molecule has 3 fully saturated rings. The number of hydrogen-bond acceptors (Lipinski definition) is 18. The number of H-pyrrole nitrogens is 3. The Morgan fingerprint density at radius 3 is 1.66 bits per heavy atom. The van der Waals surface area contributed by atoms with Gasteiger partial charge < -0.3 is 29.1 Å². The van der Waals surface area contributed by atoms with E-state index < -0.39 is 139 Å². The second-order valence-corrected chi connectivity index (χ2v) is 17.0. The van der Waals surface area contributed by atoms with Crippen LogP contribution in [0.15, 0.2) is 53.4 Å². The number of hydrogen-bond donors (Lipinski definition) is 7. The van der Waals surface area contributed by atoms with Crippen LogP contribution in [0.1, 0.15) is 49.1 Å². The Kier molecular flexibility index (Phi) is 13.6. The predicted molar refractivity (Wildman–Crippen MR) is 192 cm³/mol. The minimum absolute atomic E-state index is 0.0768. The number of nitrogens with zero attached hydrogens (tertiary/aromatic N) is 3. The van der Waals surface area contributed by atoms with Gasteiger partial charge in [-0.3, -0.25) is 61.1 Å². The summed E-state index contributed by atoms with van der Waals surface area (Å²) in [4.78, 5) is 110. The fourth-order valence-electron chi connectivity index (χ4n) is 6.43. The number of ether oxygens (including phenoxy) is 3. The van der Waals surface area contributed by atoms with Crippen molar-refractivity contribution in [3.05, 3.63) is 98.3 Å². The van der Waals surface area contributed by atoms with Gasteiger partial charge in [-0.05, 0) is 13.8 Å². The molecule has 7 N–H and O–H groups in total. The van der Waals surface area contributed by atoms with Crippen LogP contribution in [0.3, 0.4) is 0 Å². The monoisotopic (exact) mass is 899 g/mol. The fraction of sp³-hybridized carbons (Fsp3) is 0.586. The lowest BCUT2D eigenvalue weighted by atomic mass is 10.2. The van der Waals surface area contributed by atoms with Crippen LogP contribution in [0.2, 0.25) is 0 Å². The van der Waals surface area contributed by atoms with Crippen molar-refractivity contribution < 1.29 is 70.3 Å². The Bertz CT molecular complexity index is 2520. The van der Waals surface area contributed by atoms with Gasteiger partial charge in [-0.2, -0.15) is 0 Å². The van der Waals surface area contributed by atoms with E-state index in [2.05, 4.69) is 14.5 Å². The number of phosphoric ester groups is 2. The largest absolute Gasteiger partial charge is 0.694 e. The van der Waals surface area contributed by atoms with Crippen molar-refractivity contribution in [3.8, 4) is 0 Å². The minimum Gasteiger partial charge on any atom is -0.390 e. The van der Waals surface area contributed by atoms with Crippen molar-refractivity contribution in [2.24, 2.45) is 0 Å². The molecule has 3 saturated heterocycles. The van der Waals surface area contributed by atoms with Crippen LogP contribution in [0, 0.1) is 13.8 Å².